The summed E-state index contributed by atoms with van der Waals surface area (Å²) < 4.78 is 5.08. The van der Waals surface area contributed by atoms with Crippen LogP contribution in [0.15, 0.2) is 16.7 Å². The molecule has 1 fully saturated rings. The van der Waals surface area contributed by atoms with E-state index in [1.807, 2.05) is 0 Å². The van der Waals surface area contributed by atoms with E-state index in [0.717, 1.165) is 25.7 Å². The van der Waals surface area contributed by atoms with Gasteiger partial charge in [-0.05, 0) is 25.8 Å². The highest BCUT2D eigenvalue weighted by Crippen LogP contribution is 2.19. The lowest BCUT2D eigenvalue weighted by Gasteiger charge is -2.28. The van der Waals surface area contributed by atoms with Gasteiger partial charge in [0, 0.05) is 0 Å². The van der Waals surface area contributed by atoms with Crippen molar-refractivity contribution >= 4 is 5.91 Å². The predicted molar refractivity (Wildman–Crippen MR) is 59.2 cm³/mol. The van der Waals surface area contributed by atoms with Gasteiger partial charge < -0.3 is 14.8 Å². The second-order valence-corrected chi connectivity index (χ2v) is 4.32. The first-order chi connectivity index (χ1) is 7.68. The summed E-state index contributed by atoms with van der Waals surface area (Å²) in [4.78, 5) is 11.9. The van der Waals surface area contributed by atoms with Crippen LogP contribution in [0.1, 0.15) is 41.8 Å². The fourth-order valence-electron chi connectivity index (χ4n) is 2.15. The van der Waals surface area contributed by atoms with E-state index < -0.39 is 6.10 Å². The van der Waals surface area contributed by atoms with E-state index in [2.05, 4.69) is 5.32 Å². The largest absolute Gasteiger partial charge is 0.469 e. The van der Waals surface area contributed by atoms with Crippen LogP contribution >= 0.6 is 0 Å². The number of amides is 1. The summed E-state index contributed by atoms with van der Waals surface area (Å²) in [6, 6.07) is 1.54. The summed E-state index contributed by atoms with van der Waals surface area (Å²) in [5.41, 5.74) is 0.553. The van der Waals surface area contributed by atoms with Gasteiger partial charge in [0.05, 0.1) is 24.0 Å². The molecular weight excluding hydrogens is 206 g/mol. The summed E-state index contributed by atoms with van der Waals surface area (Å²) in [5.74, 6) is 0.458. The summed E-state index contributed by atoms with van der Waals surface area (Å²) in [6.45, 7) is 1.76. The minimum Gasteiger partial charge on any atom is -0.469 e. The van der Waals surface area contributed by atoms with Crippen molar-refractivity contribution in [3.8, 4) is 0 Å². The maximum atomic E-state index is 11.9. The Hall–Kier alpha value is -1.29. The predicted octanol–water partition coefficient (Wildman–Crippen LogP) is 1.62. The Morgan fingerprint density at radius 3 is 2.88 bits per heavy atom. The summed E-state index contributed by atoms with van der Waals surface area (Å²) in [6.07, 6.45) is 4.82. The molecule has 1 aliphatic rings. The molecule has 2 unspecified atom stereocenters. The van der Waals surface area contributed by atoms with Crippen LogP contribution < -0.4 is 5.32 Å². The van der Waals surface area contributed by atoms with Gasteiger partial charge in [-0.2, -0.15) is 0 Å². The number of nitrogens with one attached hydrogen (secondary N) is 1. The SMILES string of the molecule is Cc1occc1C(=O)NC1CCCCC1O. The number of hydrogen-bond donors (Lipinski definition) is 2. The van der Waals surface area contributed by atoms with Gasteiger partial charge in [-0.15, -0.1) is 0 Å². The fraction of sp³-hybridized carbons (Fsp3) is 0.583. The molecule has 1 amide bonds. The Morgan fingerprint density at radius 2 is 2.25 bits per heavy atom. The van der Waals surface area contributed by atoms with Crippen LogP contribution in [0.3, 0.4) is 0 Å². The molecule has 1 aromatic heterocycles. The smallest absolute Gasteiger partial charge is 0.255 e. The van der Waals surface area contributed by atoms with Gasteiger partial charge in [-0.3, -0.25) is 4.79 Å². The minimum atomic E-state index is -0.412. The van der Waals surface area contributed by atoms with Crippen molar-refractivity contribution in [3.63, 3.8) is 0 Å². The average molecular weight is 223 g/mol. The number of aliphatic hydroxyl groups excluding tert-OH is 1. The van der Waals surface area contributed by atoms with Crippen molar-refractivity contribution in [2.24, 2.45) is 0 Å². The zero-order chi connectivity index (χ0) is 11.5. The van der Waals surface area contributed by atoms with Crippen molar-refractivity contribution in [2.45, 2.75) is 44.8 Å². The standard InChI is InChI=1S/C12H17NO3/c1-8-9(6-7-16-8)12(15)13-10-4-2-3-5-11(10)14/h6-7,10-11,14H,2-5H2,1H3,(H,13,15). The first-order valence-electron chi connectivity index (χ1n) is 5.71. The second kappa shape index (κ2) is 4.70. The monoisotopic (exact) mass is 223 g/mol. The van der Waals surface area contributed by atoms with E-state index in [9.17, 15) is 9.90 Å². The molecule has 1 heterocycles. The third-order valence-corrected chi connectivity index (χ3v) is 3.15. The number of aryl methyl sites for hydroxylation is 1. The molecule has 0 bridgehead atoms. The molecule has 2 atom stereocenters. The summed E-state index contributed by atoms with van der Waals surface area (Å²) >= 11 is 0. The molecule has 4 nitrogen and oxygen atoms in total. The second-order valence-electron chi connectivity index (χ2n) is 4.32. The summed E-state index contributed by atoms with van der Waals surface area (Å²) in [7, 11) is 0. The van der Waals surface area contributed by atoms with Crippen molar-refractivity contribution in [2.75, 3.05) is 0 Å². The number of furan rings is 1. The molecule has 0 spiro atoms. The van der Waals surface area contributed by atoms with Crippen molar-refractivity contribution in [1.29, 1.82) is 0 Å². The minimum absolute atomic E-state index is 0.115. The van der Waals surface area contributed by atoms with Crippen LogP contribution in [0.5, 0.6) is 0 Å². The molecule has 2 rings (SSSR count). The van der Waals surface area contributed by atoms with Gasteiger partial charge in [-0.1, -0.05) is 12.8 Å². The van der Waals surface area contributed by atoms with E-state index in [0.29, 0.717) is 11.3 Å². The quantitative estimate of drug-likeness (QED) is 0.800. The van der Waals surface area contributed by atoms with Crippen molar-refractivity contribution in [1.82, 2.24) is 5.32 Å². The Kier molecular flexibility index (Phi) is 3.29. The van der Waals surface area contributed by atoms with Gasteiger partial charge in [0.2, 0.25) is 0 Å². The van der Waals surface area contributed by atoms with Crippen LogP contribution in [0.2, 0.25) is 0 Å². The van der Waals surface area contributed by atoms with Crippen LogP contribution in [-0.2, 0) is 0 Å². The van der Waals surface area contributed by atoms with Crippen LogP contribution in [0, 0.1) is 6.92 Å². The topological polar surface area (TPSA) is 62.5 Å². The average Bonchev–Trinajstić information content (AvgIpc) is 2.68. The van der Waals surface area contributed by atoms with E-state index in [-0.39, 0.29) is 11.9 Å². The number of aliphatic hydroxyl groups is 1. The molecule has 1 aliphatic carbocycles. The number of carbonyl (C=O) groups excluding carboxylic acids is 1. The molecule has 1 saturated carbocycles. The first-order valence-corrected chi connectivity index (χ1v) is 5.71. The molecule has 2 N–H and O–H groups in total. The molecule has 1 aromatic rings. The number of rotatable bonds is 2. The maximum Gasteiger partial charge on any atom is 0.255 e. The van der Waals surface area contributed by atoms with E-state index in [4.69, 9.17) is 4.42 Å². The lowest BCUT2D eigenvalue weighted by Crippen LogP contribution is -2.45. The highest BCUT2D eigenvalue weighted by molar-refractivity contribution is 5.95. The van der Waals surface area contributed by atoms with Gasteiger partial charge in [0.25, 0.3) is 5.91 Å². The van der Waals surface area contributed by atoms with Gasteiger partial charge in [-0.25, -0.2) is 0 Å². The van der Waals surface area contributed by atoms with E-state index in [1.54, 1.807) is 13.0 Å². The normalized spacial score (nSPS) is 25.4. The van der Waals surface area contributed by atoms with Gasteiger partial charge in [0.15, 0.2) is 0 Å². The van der Waals surface area contributed by atoms with Crippen molar-refractivity contribution < 1.29 is 14.3 Å². The molecule has 0 saturated heterocycles. The number of carbonyl (C=O) groups is 1. The lowest BCUT2D eigenvalue weighted by molar-refractivity contribution is 0.0716. The van der Waals surface area contributed by atoms with Crippen LogP contribution in [0.25, 0.3) is 0 Å². The molecule has 4 heteroatoms. The Bertz CT molecular complexity index is 372. The highest BCUT2D eigenvalue weighted by Gasteiger charge is 2.25. The van der Waals surface area contributed by atoms with Crippen LogP contribution in [0.4, 0.5) is 0 Å². The third-order valence-electron chi connectivity index (χ3n) is 3.15. The molecule has 0 radical (unpaired) electrons. The molecule has 16 heavy (non-hydrogen) atoms. The molecule has 0 aliphatic heterocycles. The first kappa shape index (κ1) is 11.2. The highest BCUT2D eigenvalue weighted by atomic mass is 16.3. The lowest BCUT2D eigenvalue weighted by atomic mass is 9.92. The van der Waals surface area contributed by atoms with E-state index in [1.165, 1.54) is 6.26 Å². The van der Waals surface area contributed by atoms with Crippen molar-refractivity contribution in [3.05, 3.63) is 23.7 Å². The Morgan fingerprint density at radius 1 is 1.50 bits per heavy atom. The fourth-order valence-corrected chi connectivity index (χ4v) is 2.15. The molecule has 0 aromatic carbocycles. The Labute approximate surface area is 94.6 Å². The number of hydrogen-bond acceptors (Lipinski definition) is 3. The zero-order valence-corrected chi connectivity index (χ0v) is 9.40. The zero-order valence-electron chi connectivity index (χ0n) is 9.40. The third kappa shape index (κ3) is 2.27. The van der Waals surface area contributed by atoms with Gasteiger partial charge >= 0.3 is 0 Å². The molecular formula is C12H17NO3. The summed E-state index contributed by atoms with van der Waals surface area (Å²) in [5, 5.41) is 12.6. The van der Waals surface area contributed by atoms with E-state index >= 15 is 0 Å². The maximum absolute atomic E-state index is 11.9. The van der Waals surface area contributed by atoms with Gasteiger partial charge in [0.1, 0.15) is 5.76 Å². The van der Waals surface area contributed by atoms with Crippen LogP contribution in [-0.4, -0.2) is 23.2 Å². The Balaban J connectivity index is 1.99. The molecule has 88 valence electrons.